The van der Waals surface area contributed by atoms with E-state index < -0.39 is 10.5 Å². The fraction of sp³-hybridized carbons (Fsp3) is 0.533. The second-order valence-corrected chi connectivity index (χ2v) is 5.52. The SMILES string of the molecule is CCOC(=O)C1CCN(C(=O)Cn2cc([N+](=O)[O-])ccc2=O)CC1. The molecular weight excluding hydrogens is 318 g/mol. The number of hydrogen-bond donors (Lipinski definition) is 0. The van der Waals surface area contributed by atoms with E-state index in [1.54, 1.807) is 11.8 Å². The number of amides is 1. The summed E-state index contributed by atoms with van der Waals surface area (Å²) in [6.45, 7) is 2.60. The molecule has 0 atom stereocenters. The second-order valence-electron chi connectivity index (χ2n) is 5.52. The lowest BCUT2D eigenvalue weighted by molar-refractivity contribution is -0.385. The highest BCUT2D eigenvalue weighted by Gasteiger charge is 2.28. The highest BCUT2D eigenvalue weighted by atomic mass is 16.6. The Kier molecular flexibility index (Phi) is 5.67. The summed E-state index contributed by atoms with van der Waals surface area (Å²) < 4.78 is 6.00. The van der Waals surface area contributed by atoms with E-state index in [0.717, 1.165) is 22.9 Å². The van der Waals surface area contributed by atoms with E-state index in [0.29, 0.717) is 32.5 Å². The topological polar surface area (TPSA) is 112 Å². The first-order chi connectivity index (χ1) is 11.4. The normalized spacial score (nSPS) is 15.1. The minimum absolute atomic E-state index is 0.213. The quantitative estimate of drug-likeness (QED) is 0.441. The predicted molar refractivity (Wildman–Crippen MR) is 83.3 cm³/mol. The van der Waals surface area contributed by atoms with Crippen LogP contribution in [0.2, 0.25) is 0 Å². The van der Waals surface area contributed by atoms with Crippen molar-refractivity contribution in [3.8, 4) is 0 Å². The number of nitro groups is 1. The number of esters is 1. The number of ether oxygens (including phenoxy) is 1. The van der Waals surface area contributed by atoms with Crippen molar-refractivity contribution in [3.05, 3.63) is 38.8 Å². The summed E-state index contributed by atoms with van der Waals surface area (Å²) >= 11 is 0. The van der Waals surface area contributed by atoms with Crippen LogP contribution in [0, 0.1) is 16.0 Å². The van der Waals surface area contributed by atoms with Crippen molar-refractivity contribution in [2.45, 2.75) is 26.3 Å². The zero-order valence-corrected chi connectivity index (χ0v) is 13.3. The largest absolute Gasteiger partial charge is 0.466 e. The smallest absolute Gasteiger partial charge is 0.309 e. The number of nitrogens with zero attached hydrogens (tertiary/aromatic N) is 3. The lowest BCUT2D eigenvalue weighted by atomic mass is 9.97. The summed E-state index contributed by atoms with van der Waals surface area (Å²) in [6.07, 6.45) is 2.08. The third-order valence-corrected chi connectivity index (χ3v) is 3.95. The molecule has 0 bridgehead atoms. The third-order valence-electron chi connectivity index (χ3n) is 3.95. The van der Waals surface area contributed by atoms with E-state index in [2.05, 4.69) is 0 Å². The number of carbonyl (C=O) groups excluding carboxylic acids is 2. The van der Waals surface area contributed by atoms with E-state index >= 15 is 0 Å². The number of aromatic nitrogens is 1. The van der Waals surface area contributed by atoms with Crippen molar-refractivity contribution in [3.63, 3.8) is 0 Å². The van der Waals surface area contributed by atoms with E-state index in [9.17, 15) is 24.5 Å². The van der Waals surface area contributed by atoms with Gasteiger partial charge in [0.2, 0.25) is 5.91 Å². The van der Waals surface area contributed by atoms with E-state index in [-0.39, 0.29) is 30.0 Å². The minimum atomic E-state index is -0.620. The molecule has 130 valence electrons. The number of rotatable bonds is 5. The van der Waals surface area contributed by atoms with Crippen molar-refractivity contribution in [2.75, 3.05) is 19.7 Å². The monoisotopic (exact) mass is 337 g/mol. The van der Waals surface area contributed by atoms with Crippen molar-refractivity contribution in [1.29, 1.82) is 0 Å². The molecule has 24 heavy (non-hydrogen) atoms. The molecule has 1 aromatic rings. The molecule has 1 aromatic heterocycles. The molecule has 0 saturated carbocycles. The van der Waals surface area contributed by atoms with Crippen LogP contribution in [0.1, 0.15) is 19.8 Å². The maximum Gasteiger partial charge on any atom is 0.309 e. The van der Waals surface area contributed by atoms with Gasteiger partial charge in [-0.05, 0) is 19.8 Å². The van der Waals surface area contributed by atoms with Gasteiger partial charge in [0.1, 0.15) is 6.54 Å². The molecule has 1 saturated heterocycles. The molecule has 0 radical (unpaired) electrons. The van der Waals surface area contributed by atoms with Gasteiger partial charge in [0.05, 0.1) is 23.6 Å². The number of hydrogen-bond acceptors (Lipinski definition) is 6. The lowest BCUT2D eigenvalue weighted by Crippen LogP contribution is -2.43. The highest BCUT2D eigenvalue weighted by Crippen LogP contribution is 2.19. The fourth-order valence-corrected chi connectivity index (χ4v) is 2.62. The summed E-state index contributed by atoms with van der Waals surface area (Å²) in [7, 11) is 0. The van der Waals surface area contributed by atoms with Gasteiger partial charge in [-0.25, -0.2) is 0 Å². The van der Waals surface area contributed by atoms with Gasteiger partial charge >= 0.3 is 5.97 Å². The summed E-state index contributed by atoms with van der Waals surface area (Å²) in [5.41, 5.74) is -0.723. The first-order valence-corrected chi connectivity index (χ1v) is 7.71. The molecule has 9 heteroatoms. The van der Waals surface area contributed by atoms with Gasteiger partial charge in [-0.15, -0.1) is 0 Å². The molecular formula is C15H19N3O6. The summed E-state index contributed by atoms with van der Waals surface area (Å²) in [6, 6.07) is 2.17. The van der Waals surface area contributed by atoms with Crippen LogP contribution in [0.15, 0.2) is 23.1 Å². The van der Waals surface area contributed by atoms with Gasteiger partial charge in [0.25, 0.3) is 11.2 Å². The van der Waals surface area contributed by atoms with Crippen LogP contribution in [0.4, 0.5) is 5.69 Å². The van der Waals surface area contributed by atoms with E-state index in [4.69, 9.17) is 4.74 Å². The predicted octanol–water partition coefficient (Wildman–Crippen LogP) is 0.558. The van der Waals surface area contributed by atoms with E-state index in [1.165, 1.54) is 0 Å². The molecule has 9 nitrogen and oxygen atoms in total. The Hall–Kier alpha value is -2.71. The first-order valence-electron chi connectivity index (χ1n) is 7.71. The standard InChI is InChI=1S/C15H19N3O6/c1-2-24-15(21)11-5-7-16(8-6-11)14(20)10-17-9-12(18(22)23)3-4-13(17)19/h3-4,9,11H,2,5-8,10H2,1H3. The zero-order valence-electron chi connectivity index (χ0n) is 13.3. The first kappa shape index (κ1) is 17.6. The molecule has 1 aliphatic rings. The molecule has 0 unspecified atom stereocenters. The van der Waals surface area contributed by atoms with Gasteiger partial charge in [-0.1, -0.05) is 0 Å². The Morgan fingerprint density at radius 2 is 2.00 bits per heavy atom. The maximum absolute atomic E-state index is 12.3. The Morgan fingerprint density at radius 1 is 1.33 bits per heavy atom. The van der Waals surface area contributed by atoms with Crippen LogP contribution in [-0.4, -0.2) is 46.0 Å². The van der Waals surface area contributed by atoms with Gasteiger partial charge in [-0.2, -0.15) is 0 Å². The molecule has 2 rings (SSSR count). The molecule has 0 spiro atoms. The Labute approximate surface area is 138 Å². The Balaban J connectivity index is 1.97. The molecule has 1 fully saturated rings. The van der Waals surface area contributed by atoms with E-state index in [1.807, 2.05) is 0 Å². The van der Waals surface area contributed by atoms with Crippen LogP contribution >= 0.6 is 0 Å². The maximum atomic E-state index is 12.3. The third kappa shape index (κ3) is 4.18. The molecule has 2 heterocycles. The van der Waals surface area contributed by atoms with Crippen molar-refractivity contribution >= 4 is 17.6 Å². The minimum Gasteiger partial charge on any atom is -0.466 e. The number of carbonyl (C=O) groups is 2. The second kappa shape index (κ2) is 7.71. The van der Waals surface area contributed by atoms with Crippen LogP contribution in [0.3, 0.4) is 0 Å². The van der Waals surface area contributed by atoms with Crippen molar-refractivity contribution < 1.29 is 19.2 Å². The zero-order chi connectivity index (χ0) is 17.7. The van der Waals surface area contributed by atoms with Gasteiger partial charge in [0, 0.05) is 25.2 Å². The molecule has 0 aromatic carbocycles. The number of piperidine rings is 1. The van der Waals surface area contributed by atoms with Gasteiger partial charge in [-0.3, -0.25) is 29.1 Å². The van der Waals surface area contributed by atoms with Crippen molar-refractivity contribution in [2.24, 2.45) is 5.92 Å². The van der Waals surface area contributed by atoms with Crippen LogP contribution in [0.5, 0.6) is 0 Å². The lowest BCUT2D eigenvalue weighted by Gasteiger charge is -2.31. The fourth-order valence-electron chi connectivity index (χ4n) is 2.62. The highest BCUT2D eigenvalue weighted by molar-refractivity contribution is 5.77. The van der Waals surface area contributed by atoms with Gasteiger partial charge < -0.3 is 9.64 Å². The average Bonchev–Trinajstić information content (AvgIpc) is 2.57. The van der Waals surface area contributed by atoms with Crippen LogP contribution in [0.25, 0.3) is 0 Å². The average molecular weight is 337 g/mol. The summed E-state index contributed by atoms with van der Waals surface area (Å²) in [5, 5.41) is 10.8. The number of pyridine rings is 1. The molecule has 1 amide bonds. The van der Waals surface area contributed by atoms with Crippen molar-refractivity contribution in [1.82, 2.24) is 9.47 Å². The molecule has 0 N–H and O–H groups in total. The molecule has 0 aliphatic carbocycles. The Morgan fingerprint density at radius 3 is 2.58 bits per heavy atom. The molecule has 1 aliphatic heterocycles. The summed E-state index contributed by atoms with van der Waals surface area (Å²) in [5.74, 6) is -0.769. The Bertz CT molecular complexity index is 691. The van der Waals surface area contributed by atoms with Gasteiger partial charge in [0.15, 0.2) is 0 Å². The summed E-state index contributed by atoms with van der Waals surface area (Å²) in [4.78, 5) is 47.4. The van der Waals surface area contributed by atoms with Crippen LogP contribution < -0.4 is 5.56 Å². The number of likely N-dealkylation sites (tertiary alicyclic amines) is 1. The van der Waals surface area contributed by atoms with Crippen LogP contribution in [-0.2, 0) is 20.9 Å².